The number of anilines is 1. The van der Waals surface area contributed by atoms with E-state index < -0.39 is 0 Å². The van der Waals surface area contributed by atoms with Crippen LogP contribution in [0, 0.1) is 0 Å². The van der Waals surface area contributed by atoms with Crippen molar-refractivity contribution in [1.29, 1.82) is 0 Å². The smallest absolute Gasteiger partial charge is 0.256 e. The fourth-order valence-corrected chi connectivity index (χ4v) is 3.40. The zero-order valence-electron chi connectivity index (χ0n) is 11.0. The highest BCUT2D eigenvalue weighted by molar-refractivity contribution is 5.99. The summed E-state index contributed by atoms with van der Waals surface area (Å²) >= 11 is 0. The molecule has 2 saturated heterocycles. The van der Waals surface area contributed by atoms with E-state index in [9.17, 15) is 9.90 Å². The average molecular weight is 261 g/mol. The monoisotopic (exact) mass is 261 g/mol. The first kappa shape index (κ1) is 12.4. The molecule has 102 valence electrons. The molecular formula is C14H19N3O2. The van der Waals surface area contributed by atoms with Crippen molar-refractivity contribution in [2.45, 2.75) is 43.9 Å². The number of nitrogens with one attached hydrogen (secondary N) is 1. The van der Waals surface area contributed by atoms with Crippen LogP contribution in [0.15, 0.2) is 18.5 Å². The highest BCUT2D eigenvalue weighted by atomic mass is 16.3. The van der Waals surface area contributed by atoms with Gasteiger partial charge in [-0.3, -0.25) is 9.78 Å². The van der Waals surface area contributed by atoms with Gasteiger partial charge in [-0.1, -0.05) is 0 Å². The predicted molar refractivity (Wildman–Crippen MR) is 72.0 cm³/mol. The van der Waals surface area contributed by atoms with Gasteiger partial charge >= 0.3 is 0 Å². The Labute approximate surface area is 112 Å². The zero-order valence-corrected chi connectivity index (χ0v) is 11.0. The molecule has 0 aromatic carbocycles. The van der Waals surface area contributed by atoms with Crippen molar-refractivity contribution in [1.82, 2.24) is 9.88 Å². The topological polar surface area (TPSA) is 65.5 Å². The van der Waals surface area contributed by atoms with Crippen LogP contribution in [0.5, 0.6) is 0 Å². The van der Waals surface area contributed by atoms with E-state index in [4.69, 9.17) is 0 Å². The molecular weight excluding hydrogens is 242 g/mol. The summed E-state index contributed by atoms with van der Waals surface area (Å²) in [4.78, 5) is 18.7. The quantitative estimate of drug-likeness (QED) is 0.841. The minimum absolute atomic E-state index is 0.0613. The van der Waals surface area contributed by atoms with Gasteiger partial charge in [-0.25, -0.2) is 0 Å². The van der Waals surface area contributed by atoms with Crippen LogP contribution in [0.4, 0.5) is 5.69 Å². The summed E-state index contributed by atoms with van der Waals surface area (Å²) < 4.78 is 0. The van der Waals surface area contributed by atoms with Crippen LogP contribution in [-0.4, -0.2) is 46.1 Å². The predicted octanol–water partition coefficient (Wildman–Crippen LogP) is 1.25. The Hall–Kier alpha value is -1.62. The van der Waals surface area contributed by atoms with E-state index in [0.29, 0.717) is 18.4 Å². The van der Waals surface area contributed by atoms with Gasteiger partial charge in [0.1, 0.15) is 0 Å². The summed E-state index contributed by atoms with van der Waals surface area (Å²) in [7, 11) is 1.79. The van der Waals surface area contributed by atoms with Gasteiger partial charge in [0.2, 0.25) is 0 Å². The molecule has 2 atom stereocenters. The van der Waals surface area contributed by atoms with E-state index >= 15 is 0 Å². The lowest BCUT2D eigenvalue weighted by Gasteiger charge is -2.37. The largest absolute Gasteiger partial charge is 0.393 e. The molecule has 2 N–H and O–H groups in total. The first-order valence-electron chi connectivity index (χ1n) is 6.83. The first-order valence-corrected chi connectivity index (χ1v) is 6.83. The standard InChI is InChI=1S/C14H19N3O2/c1-15-13-8-16-5-4-12(13)14(19)17-9-2-3-10(17)7-11(18)6-9/h4-5,8-11,15,18H,2-3,6-7H2,1H3. The number of hydrogen-bond donors (Lipinski definition) is 2. The molecule has 2 aliphatic rings. The van der Waals surface area contributed by atoms with E-state index in [1.165, 1.54) is 0 Å². The summed E-state index contributed by atoms with van der Waals surface area (Å²) in [5.74, 6) is 0.0613. The lowest BCUT2D eigenvalue weighted by molar-refractivity contribution is 0.0287. The molecule has 2 bridgehead atoms. The van der Waals surface area contributed by atoms with Crippen LogP contribution in [-0.2, 0) is 0 Å². The van der Waals surface area contributed by atoms with E-state index in [-0.39, 0.29) is 24.1 Å². The van der Waals surface area contributed by atoms with Gasteiger partial charge in [0.05, 0.1) is 23.6 Å². The fourth-order valence-electron chi connectivity index (χ4n) is 3.40. The molecule has 0 spiro atoms. The Morgan fingerprint density at radius 2 is 2.11 bits per heavy atom. The molecule has 1 aromatic rings. The highest BCUT2D eigenvalue weighted by Gasteiger charge is 2.43. The van der Waals surface area contributed by atoms with Crippen molar-refractivity contribution in [3.8, 4) is 0 Å². The van der Waals surface area contributed by atoms with Crippen LogP contribution in [0.1, 0.15) is 36.0 Å². The lowest BCUT2D eigenvalue weighted by Crippen LogP contribution is -2.48. The van der Waals surface area contributed by atoms with Gasteiger partial charge in [0.15, 0.2) is 0 Å². The Kier molecular flexibility index (Phi) is 3.14. The SMILES string of the molecule is CNc1cnccc1C(=O)N1C2CCC1CC(O)C2. The van der Waals surface area contributed by atoms with E-state index in [1.54, 1.807) is 25.5 Å². The number of rotatable bonds is 2. The summed E-state index contributed by atoms with van der Waals surface area (Å²) in [6.07, 6.45) is 6.51. The van der Waals surface area contributed by atoms with Crippen molar-refractivity contribution in [2.24, 2.45) is 0 Å². The molecule has 1 amide bonds. The van der Waals surface area contributed by atoms with Crippen LogP contribution in [0.25, 0.3) is 0 Å². The van der Waals surface area contributed by atoms with Crippen LogP contribution in [0.3, 0.4) is 0 Å². The Balaban J connectivity index is 1.89. The van der Waals surface area contributed by atoms with E-state index in [1.807, 2.05) is 4.90 Å². The fraction of sp³-hybridized carbons (Fsp3) is 0.571. The van der Waals surface area contributed by atoms with Gasteiger partial charge in [-0.2, -0.15) is 0 Å². The second-order valence-electron chi connectivity index (χ2n) is 5.39. The molecule has 0 aliphatic carbocycles. The van der Waals surface area contributed by atoms with Crippen LogP contribution >= 0.6 is 0 Å². The second kappa shape index (κ2) is 4.81. The molecule has 2 unspecified atom stereocenters. The van der Waals surface area contributed by atoms with Crippen molar-refractivity contribution in [3.63, 3.8) is 0 Å². The number of amides is 1. The average Bonchev–Trinajstić information content (AvgIpc) is 2.70. The zero-order chi connectivity index (χ0) is 13.4. The van der Waals surface area contributed by atoms with Crippen molar-refractivity contribution in [2.75, 3.05) is 12.4 Å². The number of aliphatic hydroxyl groups is 1. The Morgan fingerprint density at radius 3 is 2.74 bits per heavy atom. The molecule has 3 rings (SSSR count). The number of pyridine rings is 1. The third-order valence-corrected chi connectivity index (χ3v) is 4.26. The summed E-state index contributed by atoms with van der Waals surface area (Å²) in [6.45, 7) is 0. The van der Waals surface area contributed by atoms with Crippen molar-refractivity contribution in [3.05, 3.63) is 24.0 Å². The number of carbonyl (C=O) groups excluding carboxylic acids is 1. The molecule has 2 aliphatic heterocycles. The molecule has 1 aromatic heterocycles. The molecule has 0 saturated carbocycles. The van der Waals surface area contributed by atoms with Crippen LogP contribution in [0.2, 0.25) is 0 Å². The van der Waals surface area contributed by atoms with Gasteiger partial charge in [0, 0.05) is 25.3 Å². The molecule has 0 radical (unpaired) electrons. The van der Waals surface area contributed by atoms with Crippen molar-refractivity contribution >= 4 is 11.6 Å². The number of nitrogens with zero attached hydrogens (tertiary/aromatic N) is 2. The molecule has 19 heavy (non-hydrogen) atoms. The first-order chi connectivity index (χ1) is 9.20. The van der Waals surface area contributed by atoms with Crippen LogP contribution < -0.4 is 5.32 Å². The number of aromatic nitrogens is 1. The number of fused-ring (bicyclic) bond motifs is 2. The maximum Gasteiger partial charge on any atom is 0.256 e. The number of hydrogen-bond acceptors (Lipinski definition) is 4. The molecule has 5 heteroatoms. The van der Waals surface area contributed by atoms with E-state index in [0.717, 1.165) is 18.5 Å². The summed E-state index contributed by atoms with van der Waals surface area (Å²) in [6, 6.07) is 2.15. The number of aliphatic hydroxyl groups excluding tert-OH is 1. The van der Waals surface area contributed by atoms with Gasteiger partial charge < -0.3 is 15.3 Å². The molecule has 5 nitrogen and oxygen atoms in total. The molecule has 3 heterocycles. The highest BCUT2D eigenvalue weighted by Crippen LogP contribution is 2.37. The third kappa shape index (κ3) is 2.08. The van der Waals surface area contributed by atoms with Gasteiger partial charge in [-0.15, -0.1) is 0 Å². The third-order valence-electron chi connectivity index (χ3n) is 4.26. The minimum Gasteiger partial charge on any atom is -0.393 e. The summed E-state index contributed by atoms with van der Waals surface area (Å²) in [5.41, 5.74) is 1.43. The maximum atomic E-state index is 12.7. The summed E-state index contributed by atoms with van der Waals surface area (Å²) in [5, 5.41) is 12.8. The van der Waals surface area contributed by atoms with Crippen molar-refractivity contribution < 1.29 is 9.90 Å². The Morgan fingerprint density at radius 1 is 1.42 bits per heavy atom. The maximum absolute atomic E-state index is 12.7. The van der Waals surface area contributed by atoms with Gasteiger partial charge in [-0.05, 0) is 31.7 Å². The second-order valence-corrected chi connectivity index (χ2v) is 5.39. The number of carbonyl (C=O) groups is 1. The minimum atomic E-state index is -0.247. The van der Waals surface area contributed by atoms with Gasteiger partial charge in [0.25, 0.3) is 5.91 Å². The normalized spacial score (nSPS) is 29.4. The Bertz CT molecular complexity index is 477. The number of piperidine rings is 1. The molecule has 2 fully saturated rings. The lowest BCUT2D eigenvalue weighted by atomic mass is 9.98. The van der Waals surface area contributed by atoms with E-state index in [2.05, 4.69) is 10.3 Å².